The third-order valence-corrected chi connectivity index (χ3v) is 7.03. The number of nitrogen functional groups attached to an aromatic ring is 1. The lowest BCUT2D eigenvalue weighted by molar-refractivity contribution is -0.124. The maximum absolute atomic E-state index is 13.6. The molecule has 1 saturated heterocycles. The monoisotopic (exact) mass is 535 g/mol. The predicted molar refractivity (Wildman–Crippen MR) is 146 cm³/mol. The van der Waals surface area contributed by atoms with Crippen LogP contribution in [-0.4, -0.2) is 59.1 Å². The van der Waals surface area contributed by atoms with Crippen molar-refractivity contribution < 1.29 is 19.1 Å². The molecule has 1 aliphatic rings. The van der Waals surface area contributed by atoms with E-state index < -0.39 is 29.0 Å². The number of ketones is 1. The number of Topliss-reactive ketones (excluding diaryl/α,β-unsaturated/α-hetero) is 1. The average molecular weight is 536 g/mol. The molecular formula is C28H33N5O6. The first-order chi connectivity index (χ1) is 18.7. The number of primary amides is 1. The molecule has 1 fully saturated rings. The number of nitrogens with zero attached hydrogens (tertiary/aromatic N) is 3. The van der Waals surface area contributed by atoms with Gasteiger partial charge in [0.2, 0.25) is 5.91 Å². The van der Waals surface area contributed by atoms with Crippen molar-refractivity contribution in [3.8, 4) is 11.5 Å². The van der Waals surface area contributed by atoms with Crippen LogP contribution in [-0.2, 0) is 17.9 Å². The van der Waals surface area contributed by atoms with E-state index in [0.29, 0.717) is 30.0 Å². The quantitative estimate of drug-likeness (QED) is 0.368. The Balaban J connectivity index is 1.78. The molecule has 2 heterocycles. The SMILES string of the molecule is COc1ccc(Cn2c(N)c(C(=O)CN3CCCCC3C(N)=O)c(=O)n(Cc3ccc(OC)cc3)c2=O)cc1. The first-order valence-corrected chi connectivity index (χ1v) is 12.7. The zero-order valence-corrected chi connectivity index (χ0v) is 22.1. The lowest BCUT2D eigenvalue weighted by Crippen LogP contribution is -2.51. The molecule has 11 heteroatoms. The van der Waals surface area contributed by atoms with Crippen LogP contribution in [0.2, 0.25) is 0 Å². The maximum Gasteiger partial charge on any atom is 0.333 e. The molecule has 1 amide bonds. The van der Waals surface area contributed by atoms with E-state index in [2.05, 4.69) is 0 Å². The number of ether oxygens (including phenoxy) is 2. The first-order valence-electron chi connectivity index (χ1n) is 12.7. The molecule has 0 spiro atoms. The Morgan fingerprint density at radius 1 is 0.872 bits per heavy atom. The number of carbonyl (C=O) groups is 2. The van der Waals surface area contributed by atoms with Gasteiger partial charge in [0.05, 0.1) is 39.9 Å². The van der Waals surface area contributed by atoms with E-state index in [4.69, 9.17) is 20.9 Å². The molecule has 11 nitrogen and oxygen atoms in total. The highest BCUT2D eigenvalue weighted by Crippen LogP contribution is 2.19. The van der Waals surface area contributed by atoms with Crippen LogP contribution in [0.4, 0.5) is 5.82 Å². The molecule has 4 N–H and O–H groups in total. The molecule has 39 heavy (non-hydrogen) atoms. The molecule has 206 valence electrons. The first kappa shape index (κ1) is 27.6. The number of nitrogens with two attached hydrogens (primary N) is 2. The van der Waals surface area contributed by atoms with Gasteiger partial charge < -0.3 is 20.9 Å². The van der Waals surface area contributed by atoms with Gasteiger partial charge in [-0.25, -0.2) is 4.79 Å². The van der Waals surface area contributed by atoms with Crippen LogP contribution in [0.1, 0.15) is 40.7 Å². The minimum Gasteiger partial charge on any atom is -0.497 e. The van der Waals surface area contributed by atoms with Crippen molar-refractivity contribution >= 4 is 17.5 Å². The van der Waals surface area contributed by atoms with E-state index in [0.717, 1.165) is 23.0 Å². The molecule has 2 aromatic carbocycles. The molecular weight excluding hydrogens is 502 g/mol. The summed E-state index contributed by atoms with van der Waals surface area (Å²) in [4.78, 5) is 54.4. The molecule has 0 aliphatic carbocycles. The van der Waals surface area contributed by atoms with Gasteiger partial charge in [0.1, 0.15) is 22.9 Å². The number of aromatic nitrogens is 2. The molecule has 1 aromatic heterocycles. The highest BCUT2D eigenvalue weighted by atomic mass is 16.5. The highest BCUT2D eigenvalue weighted by Gasteiger charge is 2.31. The summed E-state index contributed by atoms with van der Waals surface area (Å²) < 4.78 is 12.6. The summed E-state index contributed by atoms with van der Waals surface area (Å²) in [6.07, 6.45) is 2.16. The van der Waals surface area contributed by atoms with Crippen molar-refractivity contribution in [2.45, 2.75) is 38.4 Å². The smallest absolute Gasteiger partial charge is 0.333 e. The van der Waals surface area contributed by atoms with Crippen molar-refractivity contribution in [1.29, 1.82) is 0 Å². The Bertz CT molecular complexity index is 1460. The zero-order valence-electron chi connectivity index (χ0n) is 22.1. The number of anilines is 1. The van der Waals surface area contributed by atoms with Gasteiger partial charge in [0, 0.05) is 0 Å². The van der Waals surface area contributed by atoms with Crippen molar-refractivity contribution in [1.82, 2.24) is 14.0 Å². The van der Waals surface area contributed by atoms with E-state index in [1.54, 1.807) is 67.7 Å². The Kier molecular flexibility index (Phi) is 8.50. The summed E-state index contributed by atoms with van der Waals surface area (Å²) in [5, 5.41) is 0. The van der Waals surface area contributed by atoms with Gasteiger partial charge in [-0.15, -0.1) is 0 Å². The number of hydrogen-bond donors (Lipinski definition) is 2. The van der Waals surface area contributed by atoms with Crippen molar-refractivity contribution in [3.63, 3.8) is 0 Å². The van der Waals surface area contributed by atoms with E-state index in [9.17, 15) is 19.2 Å². The number of benzene rings is 2. The fraction of sp³-hybridized carbons (Fsp3) is 0.357. The molecule has 3 aromatic rings. The Hall–Kier alpha value is -4.38. The number of amides is 1. The molecule has 1 unspecified atom stereocenters. The second-order valence-electron chi connectivity index (χ2n) is 9.52. The summed E-state index contributed by atoms with van der Waals surface area (Å²) >= 11 is 0. The van der Waals surface area contributed by atoms with Crippen molar-refractivity contribution in [2.75, 3.05) is 33.0 Å². The second-order valence-corrected chi connectivity index (χ2v) is 9.52. The molecule has 4 rings (SSSR count). The van der Waals surface area contributed by atoms with Gasteiger partial charge in [0.25, 0.3) is 5.56 Å². The Morgan fingerprint density at radius 3 is 1.92 bits per heavy atom. The molecule has 0 saturated carbocycles. The normalized spacial score (nSPS) is 15.6. The average Bonchev–Trinajstić information content (AvgIpc) is 2.94. The van der Waals surface area contributed by atoms with Crippen LogP contribution >= 0.6 is 0 Å². The molecule has 1 atom stereocenters. The van der Waals surface area contributed by atoms with Crippen LogP contribution in [0.15, 0.2) is 58.1 Å². The number of rotatable bonds is 10. The number of piperidine rings is 1. The van der Waals surface area contributed by atoms with Gasteiger partial charge in [-0.1, -0.05) is 30.7 Å². The van der Waals surface area contributed by atoms with E-state index in [-0.39, 0.29) is 31.0 Å². The van der Waals surface area contributed by atoms with E-state index in [1.807, 2.05) is 0 Å². The van der Waals surface area contributed by atoms with E-state index >= 15 is 0 Å². The molecule has 0 bridgehead atoms. The second kappa shape index (κ2) is 12.0. The van der Waals surface area contributed by atoms with Crippen molar-refractivity contribution in [3.05, 3.63) is 86.1 Å². The summed E-state index contributed by atoms with van der Waals surface area (Å²) in [7, 11) is 3.09. The van der Waals surface area contributed by atoms with Crippen LogP contribution in [0.5, 0.6) is 11.5 Å². The highest BCUT2D eigenvalue weighted by molar-refractivity contribution is 6.01. The van der Waals surface area contributed by atoms with Crippen molar-refractivity contribution in [2.24, 2.45) is 5.73 Å². The lowest BCUT2D eigenvalue weighted by Gasteiger charge is -2.33. The topological polar surface area (TPSA) is 152 Å². The number of hydrogen-bond acceptors (Lipinski definition) is 8. The van der Waals surface area contributed by atoms with Crippen LogP contribution in [0.25, 0.3) is 0 Å². The van der Waals surface area contributed by atoms with Crippen LogP contribution in [0.3, 0.4) is 0 Å². The standard InChI is InChI=1S/C28H33N5O6/c1-38-20-10-6-18(7-11-20)15-32-25(29)24(23(34)17-31-14-4-3-5-22(31)26(30)35)27(36)33(28(32)37)16-19-8-12-21(39-2)13-9-19/h6-13,22H,3-5,14-17,29H2,1-2H3,(H2,30,35). The Labute approximate surface area is 225 Å². The summed E-state index contributed by atoms with van der Waals surface area (Å²) in [6.45, 7) is 0.241. The number of methoxy groups -OCH3 is 2. The van der Waals surface area contributed by atoms with Crippen LogP contribution in [0, 0.1) is 0 Å². The maximum atomic E-state index is 13.6. The van der Waals surface area contributed by atoms with Gasteiger partial charge in [-0.05, 0) is 54.8 Å². The van der Waals surface area contributed by atoms with Gasteiger partial charge >= 0.3 is 5.69 Å². The fourth-order valence-corrected chi connectivity index (χ4v) is 4.86. The predicted octanol–water partition coefficient (Wildman–Crippen LogP) is 1.23. The molecule has 0 radical (unpaired) electrons. The number of carbonyl (C=O) groups excluding carboxylic acids is 2. The summed E-state index contributed by atoms with van der Waals surface area (Å²) in [5.74, 6) is -0.0365. The van der Waals surface area contributed by atoms with Gasteiger partial charge in [-0.3, -0.25) is 28.4 Å². The lowest BCUT2D eigenvalue weighted by atomic mass is 10.0. The van der Waals surface area contributed by atoms with Gasteiger partial charge in [-0.2, -0.15) is 0 Å². The minimum absolute atomic E-state index is 0.0332. The largest absolute Gasteiger partial charge is 0.497 e. The fourth-order valence-electron chi connectivity index (χ4n) is 4.86. The number of likely N-dealkylation sites (tertiary alicyclic amines) is 1. The van der Waals surface area contributed by atoms with E-state index in [1.165, 1.54) is 4.57 Å². The molecule has 1 aliphatic heterocycles. The summed E-state index contributed by atoms with van der Waals surface area (Å²) in [6, 6.07) is 13.4. The zero-order chi connectivity index (χ0) is 28.1. The summed E-state index contributed by atoms with van der Waals surface area (Å²) in [5.41, 5.74) is 11.6. The van der Waals surface area contributed by atoms with Crippen LogP contribution < -0.4 is 32.2 Å². The Morgan fingerprint density at radius 2 is 1.41 bits per heavy atom. The third kappa shape index (κ3) is 6.04. The third-order valence-electron chi connectivity index (χ3n) is 7.03. The van der Waals surface area contributed by atoms with Gasteiger partial charge in [0.15, 0.2) is 5.78 Å². The minimum atomic E-state index is -0.781.